The second-order valence-electron chi connectivity index (χ2n) is 8.02. The Morgan fingerprint density at radius 3 is 2.35 bits per heavy atom. The molecule has 1 atom stereocenters. The Bertz CT molecular complexity index is 1090. The van der Waals surface area contributed by atoms with E-state index in [1.165, 1.54) is 24.1 Å². The first kappa shape index (κ1) is 25.9. The molecule has 1 aliphatic rings. The highest BCUT2D eigenvalue weighted by molar-refractivity contribution is 6.46. The molecule has 1 heterocycles. The van der Waals surface area contributed by atoms with Crippen molar-refractivity contribution in [3.8, 4) is 11.5 Å². The quantitative estimate of drug-likeness (QED) is 0.216. The average molecular weight is 508 g/mol. The summed E-state index contributed by atoms with van der Waals surface area (Å²) in [6.45, 7) is 4.42. The van der Waals surface area contributed by atoms with E-state index in [4.69, 9.17) is 37.4 Å². The van der Waals surface area contributed by atoms with Gasteiger partial charge in [-0.05, 0) is 38.5 Å². The van der Waals surface area contributed by atoms with Gasteiger partial charge in [-0.2, -0.15) is 0 Å². The lowest BCUT2D eigenvalue weighted by atomic mass is 9.94. The molecule has 0 aliphatic carbocycles. The van der Waals surface area contributed by atoms with E-state index in [0.717, 1.165) is 0 Å². The minimum absolute atomic E-state index is 0.0699. The Kier molecular flexibility index (Phi) is 8.47. The number of ketones is 1. The number of likely N-dealkylation sites (tertiary alicyclic amines) is 1. The van der Waals surface area contributed by atoms with Crippen LogP contribution >= 0.6 is 23.2 Å². The second-order valence-corrected chi connectivity index (χ2v) is 8.83. The molecule has 3 rings (SSSR count). The van der Waals surface area contributed by atoms with Gasteiger partial charge >= 0.3 is 0 Å². The maximum atomic E-state index is 13.2. The summed E-state index contributed by atoms with van der Waals surface area (Å²) in [6.07, 6.45) is 0.365. The Morgan fingerprint density at radius 1 is 1.12 bits per heavy atom. The Hall–Kier alpha value is -2.74. The number of para-hydroxylation sites is 1. The zero-order valence-corrected chi connectivity index (χ0v) is 20.9. The van der Waals surface area contributed by atoms with Gasteiger partial charge in [-0.15, -0.1) is 0 Å². The Balaban J connectivity index is 2.22. The van der Waals surface area contributed by atoms with Crippen molar-refractivity contribution < 1.29 is 28.9 Å². The summed E-state index contributed by atoms with van der Waals surface area (Å²) in [5.74, 6) is -1.15. The van der Waals surface area contributed by atoms with Crippen LogP contribution in [0.15, 0.2) is 42.0 Å². The summed E-state index contributed by atoms with van der Waals surface area (Å²) in [5.41, 5.74) is 0.706. The third kappa shape index (κ3) is 5.17. The molecule has 1 unspecified atom stereocenters. The Labute approximate surface area is 208 Å². The fourth-order valence-electron chi connectivity index (χ4n) is 3.93. The predicted molar refractivity (Wildman–Crippen MR) is 131 cm³/mol. The van der Waals surface area contributed by atoms with Crippen LogP contribution in [-0.2, 0) is 14.3 Å². The number of nitrogens with zero attached hydrogens (tertiary/aromatic N) is 1. The summed E-state index contributed by atoms with van der Waals surface area (Å²) >= 11 is 12.5. The van der Waals surface area contributed by atoms with Crippen LogP contribution in [-0.4, -0.2) is 55.2 Å². The third-order valence-electron chi connectivity index (χ3n) is 5.34. The first-order valence-corrected chi connectivity index (χ1v) is 11.5. The van der Waals surface area contributed by atoms with E-state index in [1.54, 1.807) is 31.4 Å². The number of carbonyl (C=O) groups excluding carboxylic acids is 2. The maximum absolute atomic E-state index is 13.2. The summed E-state index contributed by atoms with van der Waals surface area (Å²) in [5, 5.41) is 11.6. The molecule has 7 nitrogen and oxygen atoms in total. The highest BCUT2D eigenvalue weighted by atomic mass is 35.5. The molecule has 0 saturated carbocycles. The third-order valence-corrected chi connectivity index (χ3v) is 5.90. The number of benzene rings is 2. The average Bonchev–Trinajstić information content (AvgIpc) is 3.03. The summed E-state index contributed by atoms with van der Waals surface area (Å²) in [6, 6.07) is 9.15. The van der Waals surface area contributed by atoms with Gasteiger partial charge in [0.15, 0.2) is 5.75 Å². The van der Waals surface area contributed by atoms with E-state index in [-0.39, 0.29) is 45.3 Å². The molecule has 0 radical (unpaired) electrons. The predicted octanol–water partition coefficient (Wildman–Crippen LogP) is 5.25. The van der Waals surface area contributed by atoms with E-state index in [0.29, 0.717) is 24.3 Å². The van der Waals surface area contributed by atoms with Gasteiger partial charge in [-0.25, -0.2) is 0 Å². The number of ether oxygens (including phenoxy) is 3. The van der Waals surface area contributed by atoms with Gasteiger partial charge < -0.3 is 24.2 Å². The smallest absolute Gasteiger partial charge is 0.295 e. The van der Waals surface area contributed by atoms with E-state index >= 15 is 0 Å². The van der Waals surface area contributed by atoms with E-state index in [1.807, 2.05) is 13.8 Å². The topological polar surface area (TPSA) is 85.3 Å². The SMILES string of the molecule is COCCCN1C(=O)C(=O)/C(=C(/O)c2cc(Cl)c(OC)c(Cl)c2)C1c1ccccc1OC(C)C. The zero-order valence-electron chi connectivity index (χ0n) is 19.4. The van der Waals surface area contributed by atoms with Gasteiger partial charge in [-0.3, -0.25) is 9.59 Å². The number of amides is 1. The lowest BCUT2D eigenvalue weighted by Gasteiger charge is -2.27. The minimum atomic E-state index is -0.869. The number of aliphatic hydroxyl groups excluding tert-OH is 1. The highest BCUT2D eigenvalue weighted by Gasteiger charge is 2.47. The van der Waals surface area contributed by atoms with Crippen LogP contribution in [0.3, 0.4) is 0 Å². The molecule has 2 aromatic carbocycles. The monoisotopic (exact) mass is 507 g/mol. The molecular formula is C25H27Cl2NO6. The maximum Gasteiger partial charge on any atom is 0.295 e. The molecule has 182 valence electrons. The number of rotatable bonds is 9. The molecule has 1 fully saturated rings. The van der Waals surface area contributed by atoms with Gasteiger partial charge in [-0.1, -0.05) is 41.4 Å². The second kappa shape index (κ2) is 11.1. The van der Waals surface area contributed by atoms with Gasteiger partial charge in [0, 0.05) is 31.4 Å². The number of halogens is 2. The number of hydrogen-bond acceptors (Lipinski definition) is 6. The van der Waals surface area contributed by atoms with Gasteiger partial charge in [0.25, 0.3) is 11.7 Å². The van der Waals surface area contributed by atoms with Crippen LogP contribution in [0.2, 0.25) is 10.0 Å². The van der Waals surface area contributed by atoms with Crippen LogP contribution in [0, 0.1) is 0 Å². The summed E-state index contributed by atoms with van der Waals surface area (Å²) in [7, 11) is 2.98. The van der Waals surface area contributed by atoms with Crippen LogP contribution in [0.1, 0.15) is 37.4 Å². The number of aliphatic hydroxyl groups is 1. The molecule has 0 spiro atoms. The molecule has 1 aliphatic heterocycles. The minimum Gasteiger partial charge on any atom is -0.507 e. The fourth-order valence-corrected chi connectivity index (χ4v) is 4.57. The number of Topliss-reactive ketones (excluding diaryl/α,β-unsaturated/α-hetero) is 1. The van der Waals surface area contributed by atoms with Crippen LogP contribution in [0.5, 0.6) is 11.5 Å². The van der Waals surface area contributed by atoms with Gasteiger partial charge in [0.2, 0.25) is 0 Å². The van der Waals surface area contributed by atoms with Crippen LogP contribution < -0.4 is 9.47 Å². The first-order chi connectivity index (χ1) is 16.2. The molecule has 0 aromatic heterocycles. The van der Waals surface area contributed by atoms with Crippen molar-refractivity contribution in [2.45, 2.75) is 32.4 Å². The fraction of sp³-hybridized carbons (Fsp3) is 0.360. The van der Waals surface area contributed by atoms with Gasteiger partial charge in [0.05, 0.1) is 34.9 Å². The molecule has 0 bridgehead atoms. The van der Waals surface area contributed by atoms with Crippen molar-refractivity contribution in [3.63, 3.8) is 0 Å². The largest absolute Gasteiger partial charge is 0.507 e. The lowest BCUT2D eigenvalue weighted by molar-refractivity contribution is -0.140. The molecule has 1 saturated heterocycles. The van der Waals surface area contributed by atoms with Crippen molar-refractivity contribution in [1.29, 1.82) is 0 Å². The number of methoxy groups -OCH3 is 2. The number of carbonyl (C=O) groups is 2. The molecule has 2 aromatic rings. The molecule has 34 heavy (non-hydrogen) atoms. The van der Waals surface area contributed by atoms with Crippen LogP contribution in [0.4, 0.5) is 0 Å². The zero-order chi connectivity index (χ0) is 25.0. The van der Waals surface area contributed by atoms with Crippen molar-refractivity contribution in [2.75, 3.05) is 27.4 Å². The lowest BCUT2D eigenvalue weighted by Crippen LogP contribution is -2.31. The molecule has 1 amide bonds. The normalized spacial score (nSPS) is 17.5. The van der Waals surface area contributed by atoms with Crippen molar-refractivity contribution in [3.05, 3.63) is 63.1 Å². The van der Waals surface area contributed by atoms with Crippen molar-refractivity contribution >= 4 is 40.7 Å². The summed E-state index contributed by atoms with van der Waals surface area (Å²) in [4.78, 5) is 27.7. The van der Waals surface area contributed by atoms with Gasteiger partial charge in [0.1, 0.15) is 11.5 Å². The molecule has 9 heteroatoms. The first-order valence-electron chi connectivity index (χ1n) is 10.8. The highest BCUT2D eigenvalue weighted by Crippen LogP contribution is 2.44. The van der Waals surface area contributed by atoms with Crippen molar-refractivity contribution in [2.24, 2.45) is 0 Å². The molecular weight excluding hydrogens is 481 g/mol. The molecule has 1 N–H and O–H groups in total. The van der Waals surface area contributed by atoms with Crippen molar-refractivity contribution in [1.82, 2.24) is 4.90 Å². The number of hydrogen-bond donors (Lipinski definition) is 1. The van der Waals surface area contributed by atoms with Crippen LogP contribution in [0.25, 0.3) is 5.76 Å². The van der Waals surface area contributed by atoms with E-state index in [9.17, 15) is 14.7 Å². The van der Waals surface area contributed by atoms with E-state index in [2.05, 4.69) is 0 Å². The van der Waals surface area contributed by atoms with E-state index < -0.39 is 17.7 Å². The Morgan fingerprint density at radius 2 is 1.76 bits per heavy atom. The summed E-state index contributed by atoms with van der Waals surface area (Å²) < 4.78 is 16.3. The standard InChI is InChI=1S/C25H27Cl2NO6/c1-14(2)34-19-9-6-5-8-16(19)21-20(23(30)25(31)28(21)10-7-11-32-3)22(29)15-12-17(26)24(33-4)18(27)13-15/h5-6,8-9,12-14,21,29H,7,10-11H2,1-4H3/b22-20+.